The Morgan fingerprint density at radius 3 is 2.47 bits per heavy atom. The Balaban J connectivity index is 1.47. The maximum Gasteiger partial charge on any atom is 0.230 e. The van der Waals surface area contributed by atoms with E-state index < -0.39 is 0 Å². The van der Waals surface area contributed by atoms with Gasteiger partial charge in [-0.15, -0.1) is 10.2 Å². The summed E-state index contributed by atoms with van der Waals surface area (Å²) in [4.78, 5) is 12.6. The van der Waals surface area contributed by atoms with Gasteiger partial charge in [0.25, 0.3) is 0 Å². The van der Waals surface area contributed by atoms with Gasteiger partial charge in [0, 0.05) is 23.6 Å². The molecular formula is C23H24N4O4S. The van der Waals surface area contributed by atoms with Gasteiger partial charge in [-0.25, -0.2) is 0 Å². The van der Waals surface area contributed by atoms with Gasteiger partial charge in [0.2, 0.25) is 5.91 Å². The first-order valence-corrected chi connectivity index (χ1v) is 11.0. The zero-order chi connectivity index (χ0) is 22.7. The topological polar surface area (TPSA) is 87.0 Å². The number of para-hydroxylation sites is 1. The van der Waals surface area contributed by atoms with Crippen LogP contribution in [0.15, 0.2) is 47.6 Å². The van der Waals surface area contributed by atoms with Crippen molar-refractivity contribution in [2.75, 3.05) is 27.1 Å². The van der Waals surface area contributed by atoms with E-state index in [1.807, 2.05) is 28.7 Å². The lowest BCUT2D eigenvalue weighted by Gasteiger charge is -2.14. The monoisotopic (exact) mass is 452 g/mol. The number of ether oxygens (including phenoxy) is 3. The highest BCUT2D eigenvalue weighted by atomic mass is 32.2. The van der Waals surface area contributed by atoms with E-state index in [-0.39, 0.29) is 11.7 Å². The number of nitrogens with one attached hydrogen (secondary N) is 1. The van der Waals surface area contributed by atoms with Crippen LogP contribution < -0.4 is 19.5 Å². The summed E-state index contributed by atoms with van der Waals surface area (Å²) >= 11 is 1.35. The van der Waals surface area contributed by atoms with Gasteiger partial charge in [0.15, 0.2) is 22.3 Å². The lowest BCUT2D eigenvalue weighted by atomic mass is 10.1. The number of thioether (sulfide) groups is 1. The van der Waals surface area contributed by atoms with E-state index in [0.29, 0.717) is 28.9 Å². The lowest BCUT2D eigenvalue weighted by Crippen LogP contribution is -2.25. The molecule has 0 fully saturated rings. The van der Waals surface area contributed by atoms with Gasteiger partial charge in [-0.05, 0) is 30.7 Å². The van der Waals surface area contributed by atoms with Crippen LogP contribution >= 0.6 is 11.8 Å². The molecule has 1 N–H and O–H groups in total. The third kappa shape index (κ3) is 4.16. The van der Waals surface area contributed by atoms with Crippen molar-refractivity contribution in [2.45, 2.75) is 18.6 Å². The Morgan fingerprint density at radius 2 is 1.72 bits per heavy atom. The number of hydrogen-bond donors (Lipinski definition) is 1. The minimum atomic E-state index is -0.125. The van der Waals surface area contributed by atoms with E-state index in [2.05, 4.69) is 28.5 Å². The van der Waals surface area contributed by atoms with Crippen LogP contribution in [0.1, 0.15) is 11.1 Å². The minimum absolute atomic E-state index is 0.125. The molecule has 0 bridgehead atoms. The van der Waals surface area contributed by atoms with Crippen LogP contribution in [0.2, 0.25) is 0 Å². The Kier molecular flexibility index (Phi) is 6.36. The number of hydrogen-bond acceptors (Lipinski definition) is 7. The van der Waals surface area contributed by atoms with Crippen LogP contribution in [-0.2, 0) is 11.3 Å². The number of fused-ring (bicyclic) bond motifs is 3. The van der Waals surface area contributed by atoms with Crippen LogP contribution in [0, 0.1) is 6.92 Å². The molecule has 0 spiro atoms. The number of carbonyl (C=O) groups excluding carboxylic acids is 1. The fraction of sp³-hybridized carbons (Fsp3) is 0.261. The molecule has 0 aliphatic carbocycles. The predicted molar refractivity (Wildman–Crippen MR) is 124 cm³/mol. The van der Waals surface area contributed by atoms with Crippen LogP contribution in [-0.4, -0.2) is 47.6 Å². The Bertz CT molecular complexity index is 1290. The van der Waals surface area contributed by atoms with Crippen LogP contribution in [0.25, 0.3) is 16.6 Å². The molecular weight excluding hydrogens is 428 g/mol. The lowest BCUT2D eigenvalue weighted by molar-refractivity contribution is -0.118. The molecule has 2 aromatic heterocycles. The summed E-state index contributed by atoms with van der Waals surface area (Å²) in [6.45, 7) is 2.35. The third-order valence-corrected chi connectivity index (χ3v) is 6.10. The Hall–Kier alpha value is -3.46. The van der Waals surface area contributed by atoms with Gasteiger partial charge in [0.05, 0.1) is 32.6 Å². The van der Waals surface area contributed by atoms with Crippen LogP contribution in [0.3, 0.4) is 0 Å². The number of aromatic nitrogens is 3. The van der Waals surface area contributed by atoms with Crippen LogP contribution in [0.5, 0.6) is 17.2 Å². The van der Waals surface area contributed by atoms with Crippen molar-refractivity contribution in [2.24, 2.45) is 0 Å². The third-order valence-electron chi connectivity index (χ3n) is 5.17. The van der Waals surface area contributed by atoms with Crippen molar-refractivity contribution < 1.29 is 19.0 Å². The molecule has 2 heterocycles. The summed E-state index contributed by atoms with van der Waals surface area (Å²) in [5, 5.41) is 13.3. The maximum atomic E-state index is 12.6. The molecule has 166 valence electrons. The van der Waals surface area contributed by atoms with Crippen molar-refractivity contribution in [1.82, 2.24) is 19.9 Å². The number of rotatable bonds is 8. The Morgan fingerprint density at radius 1 is 1.00 bits per heavy atom. The summed E-state index contributed by atoms with van der Waals surface area (Å²) in [5.74, 6) is 1.83. The molecule has 0 atom stereocenters. The number of amides is 1. The van der Waals surface area contributed by atoms with E-state index in [1.165, 1.54) is 11.8 Å². The van der Waals surface area contributed by atoms with Gasteiger partial charge in [0.1, 0.15) is 5.75 Å². The van der Waals surface area contributed by atoms with Gasteiger partial charge >= 0.3 is 0 Å². The van der Waals surface area contributed by atoms with Gasteiger partial charge in [-0.3, -0.25) is 9.20 Å². The summed E-state index contributed by atoms with van der Waals surface area (Å²) in [7, 11) is 4.71. The molecule has 2 aromatic carbocycles. The minimum Gasteiger partial charge on any atom is -0.496 e. The number of nitrogens with zero attached hydrogens (tertiary/aromatic N) is 3. The summed E-state index contributed by atoms with van der Waals surface area (Å²) in [6.07, 6.45) is 0. The SMILES string of the molecule is COc1cc(OC)c(OC)cc1CNC(=O)CSc1nnc2cc(C)c3ccccc3n12. The second kappa shape index (κ2) is 9.35. The first-order chi connectivity index (χ1) is 15.5. The fourth-order valence-electron chi connectivity index (χ4n) is 3.57. The highest BCUT2D eigenvalue weighted by molar-refractivity contribution is 7.99. The standard InChI is InChI=1S/C23H24N4O4S/c1-14-9-21-25-26-23(27(21)17-8-6-5-7-16(14)17)32-13-22(28)24-12-15-10-19(30-3)20(31-4)11-18(15)29-2/h5-11H,12-13H2,1-4H3,(H,24,28). The fourth-order valence-corrected chi connectivity index (χ4v) is 4.36. The molecule has 0 aliphatic rings. The highest BCUT2D eigenvalue weighted by Gasteiger charge is 2.15. The van der Waals surface area contributed by atoms with E-state index >= 15 is 0 Å². The first kappa shape index (κ1) is 21.8. The molecule has 0 radical (unpaired) electrons. The number of benzene rings is 2. The summed E-state index contributed by atoms with van der Waals surface area (Å²) in [5.41, 5.74) is 3.71. The molecule has 4 rings (SSSR count). The maximum absolute atomic E-state index is 12.6. The average molecular weight is 453 g/mol. The van der Waals surface area contributed by atoms with Crippen LogP contribution in [0.4, 0.5) is 0 Å². The van der Waals surface area contributed by atoms with Crippen molar-refractivity contribution in [3.05, 3.63) is 53.6 Å². The zero-order valence-electron chi connectivity index (χ0n) is 18.3. The Labute approximate surface area is 189 Å². The number of methoxy groups -OCH3 is 3. The first-order valence-electron chi connectivity index (χ1n) is 9.97. The van der Waals surface area contributed by atoms with Crippen molar-refractivity contribution in [1.29, 1.82) is 0 Å². The second-order valence-corrected chi connectivity index (χ2v) is 8.05. The van der Waals surface area contributed by atoms with Gasteiger partial charge in [-0.1, -0.05) is 30.0 Å². The highest BCUT2D eigenvalue weighted by Crippen LogP contribution is 2.34. The molecule has 9 heteroatoms. The number of carbonyl (C=O) groups is 1. The van der Waals surface area contributed by atoms with E-state index in [0.717, 1.165) is 27.7 Å². The summed E-state index contributed by atoms with van der Waals surface area (Å²) < 4.78 is 18.1. The molecule has 0 unspecified atom stereocenters. The molecule has 0 aliphatic heterocycles. The van der Waals surface area contributed by atoms with Gasteiger partial charge in [-0.2, -0.15) is 0 Å². The predicted octanol–water partition coefficient (Wildman–Crippen LogP) is 3.63. The molecule has 0 saturated carbocycles. The van der Waals surface area contributed by atoms with Crippen molar-refractivity contribution in [3.63, 3.8) is 0 Å². The largest absolute Gasteiger partial charge is 0.496 e. The average Bonchev–Trinajstić information content (AvgIpc) is 3.23. The van der Waals surface area contributed by atoms with Crippen molar-refractivity contribution >= 4 is 34.2 Å². The molecule has 8 nitrogen and oxygen atoms in total. The number of aryl methyl sites for hydroxylation is 1. The van der Waals surface area contributed by atoms with E-state index in [9.17, 15) is 4.79 Å². The smallest absolute Gasteiger partial charge is 0.230 e. The van der Waals surface area contributed by atoms with Gasteiger partial charge < -0.3 is 19.5 Å². The van der Waals surface area contributed by atoms with E-state index in [1.54, 1.807) is 33.5 Å². The summed E-state index contributed by atoms with van der Waals surface area (Å²) in [6, 6.07) is 13.6. The molecule has 32 heavy (non-hydrogen) atoms. The molecule has 4 aromatic rings. The van der Waals surface area contributed by atoms with Crippen molar-refractivity contribution in [3.8, 4) is 17.2 Å². The van der Waals surface area contributed by atoms with E-state index in [4.69, 9.17) is 14.2 Å². The second-order valence-electron chi connectivity index (χ2n) is 7.11. The molecule has 0 saturated heterocycles. The molecule has 1 amide bonds. The normalized spacial score (nSPS) is 11.0. The number of pyridine rings is 1. The zero-order valence-corrected chi connectivity index (χ0v) is 19.2. The quantitative estimate of drug-likeness (QED) is 0.409.